The van der Waals surface area contributed by atoms with E-state index in [1.54, 1.807) is 0 Å². The molecule has 0 aliphatic heterocycles. The topological polar surface area (TPSA) is 37.0 Å². The van der Waals surface area contributed by atoms with Crippen molar-refractivity contribution in [3.8, 4) is 0 Å². The molecule has 100 valence electrons. The minimum Gasteiger partial charge on any atom is -0.384 e. The van der Waals surface area contributed by atoms with Crippen molar-refractivity contribution >= 4 is 11.4 Å². The molecule has 2 rings (SSSR count). The maximum absolute atomic E-state index is 4.27. The van der Waals surface area contributed by atoms with Crippen LogP contribution in [0.5, 0.6) is 0 Å². The van der Waals surface area contributed by atoms with Crippen LogP contribution in [-0.2, 0) is 0 Å². The van der Waals surface area contributed by atoms with Crippen LogP contribution in [-0.4, -0.2) is 17.6 Å². The number of hydrogen-bond donors (Lipinski definition) is 2. The number of hydrogen-bond acceptors (Lipinski definition) is 3. The molecule has 18 heavy (non-hydrogen) atoms. The number of nitrogens with zero attached hydrogens (tertiary/aromatic N) is 1. The zero-order valence-corrected chi connectivity index (χ0v) is 11.8. The van der Waals surface area contributed by atoms with Crippen molar-refractivity contribution in [1.82, 2.24) is 4.98 Å². The van der Waals surface area contributed by atoms with Gasteiger partial charge in [0.1, 0.15) is 0 Å². The van der Waals surface area contributed by atoms with Gasteiger partial charge in [0.2, 0.25) is 0 Å². The lowest BCUT2D eigenvalue weighted by Crippen LogP contribution is -2.29. The first-order chi connectivity index (χ1) is 8.59. The van der Waals surface area contributed by atoms with Crippen LogP contribution in [0.1, 0.15) is 46.5 Å². The normalized spacial score (nSPS) is 19.5. The standard InChI is InChI=1S/C15H25N3/c1-4-17-13-9-14(11-16-10-13)18-12-5-7-15(2,3)8-6-12/h9-12,17-18H,4-8H2,1-3H3. The van der Waals surface area contributed by atoms with Crippen LogP contribution < -0.4 is 10.6 Å². The average molecular weight is 247 g/mol. The van der Waals surface area contributed by atoms with Gasteiger partial charge in [-0.25, -0.2) is 0 Å². The quantitative estimate of drug-likeness (QED) is 0.847. The van der Waals surface area contributed by atoms with E-state index in [4.69, 9.17) is 0 Å². The summed E-state index contributed by atoms with van der Waals surface area (Å²) < 4.78 is 0. The van der Waals surface area contributed by atoms with E-state index in [2.05, 4.69) is 42.5 Å². The van der Waals surface area contributed by atoms with E-state index >= 15 is 0 Å². The van der Waals surface area contributed by atoms with Gasteiger partial charge in [0.05, 0.1) is 23.8 Å². The van der Waals surface area contributed by atoms with Gasteiger partial charge in [-0.3, -0.25) is 4.98 Å². The summed E-state index contributed by atoms with van der Waals surface area (Å²) in [5.74, 6) is 0. The molecule has 0 aromatic carbocycles. The predicted octanol–water partition coefficient (Wildman–Crippen LogP) is 3.89. The van der Waals surface area contributed by atoms with Gasteiger partial charge in [0.25, 0.3) is 0 Å². The lowest BCUT2D eigenvalue weighted by Gasteiger charge is -2.35. The minimum absolute atomic E-state index is 0.530. The fraction of sp³-hybridized carbons (Fsp3) is 0.667. The molecule has 1 aromatic heterocycles. The summed E-state index contributed by atoms with van der Waals surface area (Å²) in [6, 6.07) is 2.76. The number of pyridine rings is 1. The second-order valence-electron chi connectivity index (χ2n) is 6.08. The Hall–Kier alpha value is -1.25. The maximum Gasteiger partial charge on any atom is 0.0549 e. The Morgan fingerprint density at radius 2 is 1.89 bits per heavy atom. The lowest BCUT2D eigenvalue weighted by molar-refractivity contribution is 0.232. The van der Waals surface area contributed by atoms with Gasteiger partial charge < -0.3 is 10.6 Å². The number of rotatable bonds is 4. The SMILES string of the molecule is CCNc1cncc(NC2CCC(C)(C)CC2)c1. The Kier molecular flexibility index (Phi) is 4.10. The van der Waals surface area contributed by atoms with Crippen molar-refractivity contribution in [2.24, 2.45) is 5.41 Å². The molecule has 0 unspecified atom stereocenters. The second kappa shape index (κ2) is 5.59. The van der Waals surface area contributed by atoms with Crippen molar-refractivity contribution in [3.05, 3.63) is 18.5 Å². The number of aromatic nitrogens is 1. The van der Waals surface area contributed by atoms with E-state index in [1.165, 1.54) is 25.7 Å². The molecule has 3 heteroatoms. The first-order valence-corrected chi connectivity index (χ1v) is 7.04. The summed E-state index contributed by atoms with van der Waals surface area (Å²) in [6.45, 7) is 7.78. The molecule has 1 fully saturated rings. The number of anilines is 2. The number of nitrogens with one attached hydrogen (secondary N) is 2. The Morgan fingerprint density at radius 1 is 1.22 bits per heavy atom. The monoisotopic (exact) mass is 247 g/mol. The largest absolute Gasteiger partial charge is 0.384 e. The fourth-order valence-electron chi connectivity index (χ4n) is 2.60. The molecule has 0 saturated heterocycles. The molecule has 0 atom stereocenters. The lowest BCUT2D eigenvalue weighted by atomic mass is 9.75. The predicted molar refractivity (Wildman–Crippen MR) is 78.1 cm³/mol. The molecule has 0 amide bonds. The van der Waals surface area contributed by atoms with Gasteiger partial charge >= 0.3 is 0 Å². The summed E-state index contributed by atoms with van der Waals surface area (Å²) in [5.41, 5.74) is 2.76. The highest BCUT2D eigenvalue weighted by molar-refractivity contribution is 5.54. The van der Waals surface area contributed by atoms with Crippen LogP contribution in [0.25, 0.3) is 0 Å². The third-order valence-corrected chi connectivity index (χ3v) is 3.83. The average Bonchev–Trinajstić information content (AvgIpc) is 2.33. The second-order valence-corrected chi connectivity index (χ2v) is 6.08. The van der Waals surface area contributed by atoms with Crippen LogP contribution in [0, 0.1) is 5.41 Å². The van der Waals surface area contributed by atoms with E-state index in [-0.39, 0.29) is 0 Å². The van der Waals surface area contributed by atoms with Crippen LogP contribution in [0.2, 0.25) is 0 Å². The van der Waals surface area contributed by atoms with Crippen molar-refractivity contribution in [3.63, 3.8) is 0 Å². The smallest absolute Gasteiger partial charge is 0.0549 e. The molecular formula is C15H25N3. The zero-order chi connectivity index (χ0) is 13.0. The Balaban J connectivity index is 1.91. The van der Waals surface area contributed by atoms with Gasteiger partial charge in [-0.1, -0.05) is 13.8 Å². The van der Waals surface area contributed by atoms with Crippen molar-refractivity contribution < 1.29 is 0 Å². The van der Waals surface area contributed by atoms with Gasteiger partial charge in [0.15, 0.2) is 0 Å². The van der Waals surface area contributed by atoms with E-state index in [0.29, 0.717) is 11.5 Å². The highest BCUT2D eigenvalue weighted by atomic mass is 14.9. The Bertz CT molecular complexity index is 377. The van der Waals surface area contributed by atoms with Gasteiger partial charge in [-0.05, 0) is 44.1 Å². The molecule has 3 nitrogen and oxygen atoms in total. The van der Waals surface area contributed by atoms with Crippen molar-refractivity contribution in [2.75, 3.05) is 17.2 Å². The Labute approximate surface area is 110 Å². The minimum atomic E-state index is 0.530. The van der Waals surface area contributed by atoms with Crippen LogP contribution in [0.4, 0.5) is 11.4 Å². The van der Waals surface area contributed by atoms with Crippen LogP contribution in [0.3, 0.4) is 0 Å². The Morgan fingerprint density at radius 3 is 2.56 bits per heavy atom. The molecule has 1 heterocycles. The summed E-state index contributed by atoms with van der Waals surface area (Å²) >= 11 is 0. The molecule has 1 aliphatic rings. The van der Waals surface area contributed by atoms with Gasteiger partial charge in [-0.2, -0.15) is 0 Å². The molecule has 1 aliphatic carbocycles. The first kappa shape index (κ1) is 13.2. The highest BCUT2D eigenvalue weighted by Crippen LogP contribution is 2.36. The van der Waals surface area contributed by atoms with E-state index < -0.39 is 0 Å². The summed E-state index contributed by atoms with van der Waals surface area (Å²) in [4.78, 5) is 4.27. The van der Waals surface area contributed by atoms with E-state index in [9.17, 15) is 0 Å². The highest BCUT2D eigenvalue weighted by Gasteiger charge is 2.26. The molecule has 2 N–H and O–H groups in total. The fourth-order valence-corrected chi connectivity index (χ4v) is 2.60. The summed E-state index contributed by atoms with van der Waals surface area (Å²) in [5, 5.41) is 6.91. The van der Waals surface area contributed by atoms with Crippen LogP contribution >= 0.6 is 0 Å². The molecule has 1 aromatic rings. The molecule has 0 spiro atoms. The molecule has 0 radical (unpaired) electrons. The van der Waals surface area contributed by atoms with Crippen LogP contribution in [0.15, 0.2) is 18.5 Å². The third kappa shape index (κ3) is 3.62. The van der Waals surface area contributed by atoms with E-state index in [0.717, 1.165) is 17.9 Å². The van der Waals surface area contributed by atoms with Gasteiger partial charge in [0, 0.05) is 12.6 Å². The molecule has 1 saturated carbocycles. The van der Waals surface area contributed by atoms with Crippen molar-refractivity contribution in [2.45, 2.75) is 52.5 Å². The van der Waals surface area contributed by atoms with E-state index in [1.807, 2.05) is 12.4 Å². The molecular weight excluding hydrogens is 222 g/mol. The molecule has 0 bridgehead atoms. The summed E-state index contributed by atoms with van der Waals surface area (Å²) in [7, 11) is 0. The first-order valence-electron chi connectivity index (χ1n) is 7.04. The third-order valence-electron chi connectivity index (χ3n) is 3.83. The zero-order valence-electron chi connectivity index (χ0n) is 11.8. The summed E-state index contributed by atoms with van der Waals surface area (Å²) in [6.07, 6.45) is 8.94. The van der Waals surface area contributed by atoms with Crippen molar-refractivity contribution in [1.29, 1.82) is 0 Å². The van der Waals surface area contributed by atoms with Gasteiger partial charge in [-0.15, -0.1) is 0 Å². The maximum atomic E-state index is 4.27.